The molecule has 0 radical (unpaired) electrons. The Bertz CT molecular complexity index is 599. The van der Waals surface area contributed by atoms with Gasteiger partial charge in [-0.1, -0.05) is 46.3 Å². The predicted octanol–water partition coefficient (Wildman–Crippen LogP) is 1.83. The Hall–Kier alpha value is -1.88. The second-order valence-electron chi connectivity index (χ2n) is 3.94. The van der Waals surface area contributed by atoms with Gasteiger partial charge in [0.1, 0.15) is 6.20 Å². The molecule has 1 heterocycles. The first-order valence-corrected chi connectivity index (χ1v) is 6.85. The summed E-state index contributed by atoms with van der Waals surface area (Å²) in [5.74, 6) is -0.144. The van der Waals surface area contributed by atoms with E-state index in [0.717, 1.165) is 0 Å². The Labute approximate surface area is 119 Å². The van der Waals surface area contributed by atoms with Gasteiger partial charge in [0.2, 0.25) is 18.1 Å². The fourth-order valence-corrected chi connectivity index (χ4v) is 1.98. The van der Waals surface area contributed by atoms with Gasteiger partial charge in [-0.25, -0.2) is 0 Å². The van der Waals surface area contributed by atoms with Crippen LogP contribution < -0.4 is 4.57 Å². The molecule has 0 aliphatic rings. The molecule has 0 amide bonds. The molecule has 4 nitrogen and oxygen atoms in total. The zero-order valence-corrected chi connectivity index (χ0v) is 11.7. The van der Waals surface area contributed by atoms with E-state index in [-0.39, 0.29) is 23.4 Å². The van der Waals surface area contributed by atoms with Crippen LogP contribution in [0.3, 0.4) is 0 Å². The molecular weight excluding hydrogens is 308 g/mol. The molecule has 0 spiro atoms. The van der Waals surface area contributed by atoms with E-state index >= 15 is 0 Å². The monoisotopic (exact) mass is 319 g/mol. The molecule has 0 fully saturated rings. The second-order valence-corrected chi connectivity index (χ2v) is 4.50. The number of hydrogen-bond acceptors (Lipinski definition) is 3. The molecule has 0 atom stereocenters. The molecule has 0 bridgehead atoms. The third-order valence-corrected chi connectivity index (χ3v) is 3.16. The van der Waals surface area contributed by atoms with E-state index in [2.05, 4.69) is 20.9 Å². The number of aromatic nitrogens is 2. The van der Waals surface area contributed by atoms with Crippen molar-refractivity contribution in [1.29, 1.82) is 0 Å². The van der Waals surface area contributed by atoms with Crippen LogP contribution in [0.4, 0.5) is 0 Å². The number of benzene rings is 1. The highest BCUT2D eigenvalue weighted by atomic mass is 79.9. The number of carbonyl (C=O) groups is 2. The highest BCUT2D eigenvalue weighted by Crippen LogP contribution is 2.01. The summed E-state index contributed by atoms with van der Waals surface area (Å²) in [6, 6.07) is 9.01. The molecule has 0 saturated carbocycles. The number of Topliss-reactive ketones (excluding diaryl/α,β-unsaturated/α-hetero) is 2. The Morgan fingerprint density at radius 1 is 1.16 bits per heavy atom. The fourth-order valence-electron chi connectivity index (χ4n) is 1.70. The minimum absolute atomic E-state index is 0.0413. The van der Waals surface area contributed by atoms with Crippen LogP contribution in [0.2, 0.25) is 0 Å². The number of rotatable bonds is 5. The van der Waals surface area contributed by atoms with Crippen molar-refractivity contribution in [2.75, 3.05) is 5.33 Å². The van der Waals surface area contributed by atoms with E-state index in [4.69, 9.17) is 0 Å². The van der Waals surface area contributed by atoms with Gasteiger partial charge >= 0.3 is 0 Å². The summed E-state index contributed by atoms with van der Waals surface area (Å²) in [6.45, 7) is 0.126. The van der Waals surface area contributed by atoms with Crippen LogP contribution in [-0.2, 0) is 6.54 Å². The van der Waals surface area contributed by atoms with Gasteiger partial charge in [-0.05, 0) is 0 Å². The standard InChI is InChI=1S/C14H12BrN2O2/c15-8-13(18)12-9-16-6-7-17(12)10-14(19)11-4-2-1-3-5-11/h1-7,9H,8,10H2/q+1. The number of carbonyl (C=O) groups excluding carboxylic acids is 2. The highest BCUT2D eigenvalue weighted by Gasteiger charge is 2.21. The quantitative estimate of drug-likeness (QED) is 0.480. The molecule has 1 aromatic carbocycles. The molecule has 1 aromatic heterocycles. The van der Waals surface area contributed by atoms with Gasteiger partial charge in [0.05, 0.1) is 11.5 Å². The van der Waals surface area contributed by atoms with Gasteiger partial charge < -0.3 is 0 Å². The van der Waals surface area contributed by atoms with Crippen LogP contribution in [0.15, 0.2) is 48.9 Å². The summed E-state index contributed by atoms with van der Waals surface area (Å²) in [4.78, 5) is 27.8. The molecular formula is C14H12BrN2O2+. The topological polar surface area (TPSA) is 50.9 Å². The highest BCUT2D eigenvalue weighted by molar-refractivity contribution is 9.09. The van der Waals surface area contributed by atoms with E-state index < -0.39 is 0 Å². The number of alkyl halides is 1. The fraction of sp³-hybridized carbons (Fsp3) is 0.143. The van der Waals surface area contributed by atoms with Gasteiger partial charge in [0.15, 0.2) is 6.20 Å². The molecule has 19 heavy (non-hydrogen) atoms. The lowest BCUT2D eigenvalue weighted by molar-refractivity contribution is -0.685. The molecule has 5 heteroatoms. The third kappa shape index (κ3) is 3.32. The lowest BCUT2D eigenvalue weighted by Gasteiger charge is -2.01. The van der Waals surface area contributed by atoms with Crippen molar-refractivity contribution in [3.63, 3.8) is 0 Å². The van der Waals surface area contributed by atoms with Crippen molar-refractivity contribution in [2.24, 2.45) is 0 Å². The second kappa shape index (κ2) is 6.33. The summed E-state index contributed by atoms with van der Waals surface area (Å²) in [5, 5.41) is 0.207. The summed E-state index contributed by atoms with van der Waals surface area (Å²) in [5.41, 5.74) is 1.05. The SMILES string of the molecule is O=C(C[n+]1ccncc1C(=O)CBr)c1ccccc1. The Kier molecular flexibility index (Phi) is 4.52. The summed E-state index contributed by atoms with van der Waals surface area (Å²) in [7, 11) is 0. The minimum Gasteiger partial charge on any atom is -0.287 e. The molecule has 96 valence electrons. The van der Waals surface area contributed by atoms with Crippen LogP contribution in [0.25, 0.3) is 0 Å². The summed E-state index contributed by atoms with van der Waals surface area (Å²) < 4.78 is 1.62. The number of nitrogens with zero attached hydrogens (tertiary/aromatic N) is 2. The zero-order valence-electron chi connectivity index (χ0n) is 10.1. The Balaban J connectivity index is 2.25. The van der Waals surface area contributed by atoms with Crippen molar-refractivity contribution in [2.45, 2.75) is 6.54 Å². The average molecular weight is 320 g/mol. The maximum absolute atomic E-state index is 12.1. The van der Waals surface area contributed by atoms with E-state index in [9.17, 15) is 9.59 Å². The number of ketones is 2. The zero-order chi connectivity index (χ0) is 13.7. The Morgan fingerprint density at radius 2 is 1.89 bits per heavy atom. The van der Waals surface area contributed by atoms with Gasteiger partial charge in [-0.3, -0.25) is 14.6 Å². The Morgan fingerprint density at radius 3 is 2.58 bits per heavy atom. The maximum Gasteiger partial charge on any atom is 0.268 e. The summed E-state index contributed by atoms with van der Waals surface area (Å²) in [6.07, 6.45) is 4.67. The van der Waals surface area contributed by atoms with Crippen molar-refractivity contribution in [1.82, 2.24) is 4.98 Å². The minimum atomic E-state index is -0.103. The summed E-state index contributed by atoms with van der Waals surface area (Å²) >= 11 is 3.12. The largest absolute Gasteiger partial charge is 0.287 e. The van der Waals surface area contributed by atoms with E-state index in [1.165, 1.54) is 6.20 Å². The van der Waals surface area contributed by atoms with Crippen molar-refractivity contribution < 1.29 is 14.2 Å². The predicted molar refractivity (Wildman–Crippen MR) is 73.3 cm³/mol. The molecule has 0 N–H and O–H groups in total. The van der Waals surface area contributed by atoms with E-state index in [1.54, 1.807) is 29.1 Å². The molecule has 0 aliphatic heterocycles. The van der Waals surface area contributed by atoms with Crippen LogP contribution in [0.1, 0.15) is 20.8 Å². The third-order valence-electron chi connectivity index (χ3n) is 2.66. The van der Waals surface area contributed by atoms with E-state index in [1.807, 2.05) is 18.2 Å². The lowest BCUT2D eigenvalue weighted by Crippen LogP contribution is -2.43. The van der Waals surface area contributed by atoms with Crippen molar-refractivity contribution >= 4 is 27.5 Å². The first kappa shape index (κ1) is 13.5. The molecule has 0 saturated heterocycles. The van der Waals surface area contributed by atoms with Crippen LogP contribution in [-0.4, -0.2) is 21.9 Å². The van der Waals surface area contributed by atoms with Crippen LogP contribution in [0.5, 0.6) is 0 Å². The molecule has 0 aliphatic carbocycles. The van der Waals surface area contributed by atoms with Gasteiger partial charge in [0.25, 0.3) is 5.69 Å². The first-order chi connectivity index (χ1) is 9.22. The van der Waals surface area contributed by atoms with Crippen molar-refractivity contribution in [3.8, 4) is 0 Å². The smallest absolute Gasteiger partial charge is 0.268 e. The van der Waals surface area contributed by atoms with Gasteiger partial charge in [0, 0.05) is 5.56 Å². The van der Waals surface area contributed by atoms with Crippen LogP contribution in [0, 0.1) is 0 Å². The van der Waals surface area contributed by atoms with E-state index in [0.29, 0.717) is 11.3 Å². The van der Waals surface area contributed by atoms with Gasteiger partial charge in [-0.2, -0.15) is 4.57 Å². The van der Waals surface area contributed by atoms with Crippen LogP contribution >= 0.6 is 15.9 Å². The normalized spacial score (nSPS) is 10.2. The number of hydrogen-bond donors (Lipinski definition) is 0. The van der Waals surface area contributed by atoms with Gasteiger partial charge in [-0.15, -0.1) is 0 Å². The maximum atomic E-state index is 12.1. The molecule has 0 unspecified atom stereocenters. The number of halogens is 1. The first-order valence-electron chi connectivity index (χ1n) is 5.73. The molecule has 2 rings (SSSR count). The van der Waals surface area contributed by atoms with Crippen molar-refractivity contribution in [3.05, 3.63) is 60.2 Å². The average Bonchev–Trinajstić information content (AvgIpc) is 2.48. The molecule has 2 aromatic rings. The lowest BCUT2D eigenvalue weighted by atomic mass is 10.1.